The molecule has 2 aromatic carbocycles. The number of hydrogen-bond donors (Lipinski definition) is 5. The molecule has 2 aromatic rings. The van der Waals surface area contributed by atoms with E-state index in [0.717, 1.165) is 55.1 Å². The van der Waals surface area contributed by atoms with Gasteiger partial charge in [-0.2, -0.15) is 0 Å². The zero-order valence-electron chi connectivity index (χ0n) is 22.5. The number of fused-ring (bicyclic) bond motifs is 1. The van der Waals surface area contributed by atoms with Crippen LogP contribution >= 0.6 is 0 Å². The first kappa shape index (κ1) is 30.6. The van der Waals surface area contributed by atoms with Gasteiger partial charge in [-0.05, 0) is 55.2 Å². The van der Waals surface area contributed by atoms with Crippen LogP contribution in [-0.4, -0.2) is 87.3 Å². The Bertz CT molecular complexity index is 1230. The van der Waals surface area contributed by atoms with Gasteiger partial charge in [-0.1, -0.05) is 29.8 Å². The monoisotopic (exact) mass is 557 g/mol. The summed E-state index contributed by atoms with van der Waals surface area (Å²) in [6, 6.07) is 14.2. The molecule has 0 unspecified atom stereocenters. The van der Waals surface area contributed by atoms with Gasteiger partial charge in [0.05, 0.1) is 25.6 Å². The molecule has 0 saturated carbocycles. The van der Waals surface area contributed by atoms with E-state index >= 15 is 0 Å². The van der Waals surface area contributed by atoms with Crippen LogP contribution in [0, 0.1) is 6.92 Å². The van der Waals surface area contributed by atoms with E-state index in [1.807, 2.05) is 18.2 Å². The van der Waals surface area contributed by atoms with Crippen LogP contribution in [0.2, 0.25) is 0 Å². The third-order valence-corrected chi connectivity index (χ3v) is 6.97. The van der Waals surface area contributed by atoms with Crippen molar-refractivity contribution in [3.8, 4) is 11.5 Å². The van der Waals surface area contributed by atoms with E-state index in [2.05, 4.69) is 42.2 Å². The van der Waals surface area contributed by atoms with E-state index in [9.17, 15) is 19.5 Å². The predicted molar refractivity (Wildman–Crippen MR) is 144 cm³/mol. The minimum absolute atomic E-state index is 0.623. The second kappa shape index (κ2) is 12.9. The zero-order valence-corrected chi connectivity index (χ0v) is 22.5. The van der Waals surface area contributed by atoms with Crippen molar-refractivity contribution in [2.24, 2.45) is 0 Å². The molecule has 40 heavy (non-hydrogen) atoms. The number of benzene rings is 2. The molecule has 11 nitrogen and oxygen atoms in total. The highest BCUT2D eigenvalue weighted by atomic mass is 16.5. The summed E-state index contributed by atoms with van der Waals surface area (Å²) < 4.78 is 11.2. The molecule has 11 heteroatoms. The molecule has 0 atom stereocenters. The number of aryl methyl sites for hydroxylation is 1. The van der Waals surface area contributed by atoms with E-state index in [0.29, 0.717) is 6.61 Å². The molecular formula is C29H35NO10. The van der Waals surface area contributed by atoms with Gasteiger partial charge in [-0.15, -0.1) is 0 Å². The number of methoxy groups -OCH3 is 1. The van der Waals surface area contributed by atoms with Crippen molar-refractivity contribution in [3.05, 3.63) is 64.7 Å². The topological polar surface area (TPSA) is 174 Å². The van der Waals surface area contributed by atoms with Crippen molar-refractivity contribution >= 4 is 24.0 Å². The van der Waals surface area contributed by atoms with E-state index in [-0.39, 0.29) is 0 Å². The molecule has 0 aromatic heterocycles. The maximum Gasteiger partial charge on any atom is 0.336 e. The number of rotatable bonds is 9. The van der Waals surface area contributed by atoms with Gasteiger partial charge in [-0.25, -0.2) is 4.79 Å². The molecule has 1 fully saturated rings. The summed E-state index contributed by atoms with van der Waals surface area (Å²) in [6.45, 7) is 5.34. The van der Waals surface area contributed by atoms with Gasteiger partial charge in [0.1, 0.15) is 18.1 Å². The Labute approximate surface area is 231 Å². The van der Waals surface area contributed by atoms with Crippen LogP contribution in [0.15, 0.2) is 48.0 Å². The number of carboxylic acids is 3. The van der Waals surface area contributed by atoms with Crippen LogP contribution in [-0.2, 0) is 20.0 Å². The minimum Gasteiger partial charge on any atom is -0.497 e. The second-order valence-electron chi connectivity index (χ2n) is 10.1. The molecule has 2 aliphatic rings. The highest BCUT2D eigenvalue weighted by molar-refractivity contribution is 5.88. The number of piperidine rings is 1. The van der Waals surface area contributed by atoms with Crippen LogP contribution in [0.3, 0.4) is 0 Å². The van der Waals surface area contributed by atoms with E-state index in [1.165, 1.54) is 11.1 Å². The maximum atomic E-state index is 11.1. The molecule has 4 rings (SSSR count). The van der Waals surface area contributed by atoms with Crippen LogP contribution in [0.1, 0.15) is 42.4 Å². The van der Waals surface area contributed by atoms with Gasteiger partial charge >= 0.3 is 17.9 Å². The molecule has 1 saturated heterocycles. The van der Waals surface area contributed by atoms with Crippen molar-refractivity contribution in [1.82, 2.24) is 4.90 Å². The third kappa shape index (κ3) is 8.04. The third-order valence-electron chi connectivity index (χ3n) is 6.97. The lowest BCUT2D eigenvalue weighted by Crippen LogP contribution is -2.43. The minimum atomic E-state index is -2.74. The molecular weight excluding hydrogens is 522 g/mol. The van der Waals surface area contributed by atoms with E-state index < -0.39 is 42.0 Å². The van der Waals surface area contributed by atoms with Gasteiger partial charge in [0.2, 0.25) is 0 Å². The number of hydrogen-bond acceptors (Lipinski definition) is 8. The highest BCUT2D eigenvalue weighted by Crippen LogP contribution is 2.34. The van der Waals surface area contributed by atoms with Crippen molar-refractivity contribution in [3.63, 3.8) is 0 Å². The highest BCUT2D eigenvalue weighted by Gasteiger charge is 2.40. The Morgan fingerprint density at radius 1 is 1.00 bits per heavy atom. The molecule has 0 radical (unpaired) electrons. The molecule has 2 heterocycles. The van der Waals surface area contributed by atoms with Crippen molar-refractivity contribution in [1.29, 1.82) is 0 Å². The molecule has 5 N–H and O–H groups in total. The normalized spacial score (nSPS) is 16.4. The van der Waals surface area contributed by atoms with E-state index in [4.69, 9.17) is 29.9 Å². The van der Waals surface area contributed by atoms with Gasteiger partial charge in [0.25, 0.3) is 0 Å². The predicted octanol–water partition coefficient (Wildman–Crippen LogP) is 2.51. The molecule has 216 valence electrons. The Kier molecular flexibility index (Phi) is 9.91. The molecule has 2 aliphatic heterocycles. The summed E-state index contributed by atoms with van der Waals surface area (Å²) in [5.41, 5.74) is 1.15. The van der Waals surface area contributed by atoms with Gasteiger partial charge in [0.15, 0.2) is 5.60 Å². The zero-order chi connectivity index (χ0) is 29.5. The smallest absolute Gasteiger partial charge is 0.336 e. The standard InChI is InChI=1S/C23H27NO3.C6H8O7/c1-17-3-5-20(6-4-17)23(25)9-11-24(12-10-23)15-18-13-19-14-21(26-2)7-8-22(19)27-16-18;7-3(8)1-6(13,5(11)12)2-4(9)10/h3-8,13-14,25H,9-12,15-16H2,1-2H3;13H,1-2H2,(H,7,8)(H,9,10)(H,11,12). The quantitative estimate of drug-likeness (QED) is 0.306. The van der Waals surface area contributed by atoms with Crippen LogP contribution in [0.25, 0.3) is 6.08 Å². The summed E-state index contributed by atoms with van der Waals surface area (Å²) in [4.78, 5) is 32.9. The van der Waals surface area contributed by atoms with Crippen LogP contribution < -0.4 is 9.47 Å². The molecule has 0 aliphatic carbocycles. The maximum absolute atomic E-state index is 11.1. The first-order chi connectivity index (χ1) is 18.8. The Morgan fingerprint density at radius 2 is 1.60 bits per heavy atom. The van der Waals surface area contributed by atoms with Gasteiger partial charge < -0.3 is 35.0 Å². The largest absolute Gasteiger partial charge is 0.497 e. The summed E-state index contributed by atoms with van der Waals surface area (Å²) in [5.74, 6) is -3.27. The summed E-state index contributed by atoms with van der Waals surface area (Å²) in [7, 11) is 1.68. The number of ether oxygens (including phenoxy) is 2. The summed E-state index contributed by atoms with van der Waals surface area (Å²) in [6.07, 6.45) is 1.44. The average molecular weight is 558 g/mol. The SMILES string of the molecule is COc1ccc2c(c1)C=C(CN1CCC(O)(c3ccc(C)cc3)CC1)CO2.O=C(O)CC(O)(CC(=O)O)C(=O)O. The summed E-state index contributed by atoms with van der Waals surface area (Å²) >= 11 is 0. The number of carbonyl (C=O) groups is 3. The Hall–Kier alpha value is -3.93. The Balaban J connectivity index is 0.000000289. The Morgan fingerprint density at radius 3 is 2.12 bits per heavy atom. The lowest BCUT2D eigenvalue weighted by atomic mass is 9.84. The van der Waals surface area contributed by atoms with Crippen molar-refractivity contribution < 1.29 is 49.4 Å². The fourth-order valence-corrected chi connectivity index (χ4v) is 4.66. The van der Waals surface area contributed by atoms with Crippen molar-refractivity contribution in [2.45, 2.75) is 43.8 Å². The molecule has 0 spiro atoms. The lowest BCUT2D eigenvalue weighted by Gasteiger charge is -2.39. The first-order valence-corrected chi connectivity index (χ1v) is 12.7. The van der Waals surface area contributed by atoms with E-state index in [1.54, 1.807) is 7.11 Å². The van der Waals surface area contributed by atoms with Crippen LogP contribution in [0.4, 0.5) is 0 Å². The lowest BCUT2D eigenvalue weighted by molar-refractivity contribution is -0.170. The number of aliphatic hydroxyl groups is 2. The second-order valence-corrected chi connectivity index (χ2v) is 10.1. The van der Waals surface area contributed by atoms with Crippen molar-refractivity contribution in [2.75, 3.05) is 33.4 Å². The first-order valence-electron chi connectivity index (χ1n) is 12.7. The number of aliphatic carboxylic acids is 3. The fraction of sp³-hybridized carbons (Fsp3) is 0.414. The molecule has 0 amide bonds. The number of nitrogens with zero attached hydrogens (tertiary/aromatic N) is 1. The molecule has 0 bridgehead atoms. The van der Waals surface area contributed by atoms with Gasteiger partial charge in [-0.3, -0.25) is 14.5 Å². The fourth-order valence-electron chi connectivity index (χ4n) is 4.66. The van der Waals surface area contributed by atoms with Gasteiger partial charge in [0, 0.05) is 25.2 Å². The van der Waals surface area contributed by atoms with Crippen LogP contribution in [0.5, 0.6) is 11.5 Å². The average Bonchev–Trinajstić information content (AvgIpc) is 2.89. The number of carboxylic acid groups (broad SMARTS) is 3. The summed E-state index contributed by atoms with van der Waals surface area (Å²) in [5, 5.41) is 44.9. The number of likely N-dealkylation sites (tertiary alicyclic amines) is 1.